The number of nitrogens with one attached hydrogen (secondary N) is 3. The van der Waals surface area contributed by atoms with Gasteiger partial charge in [0.2, 0.25) is 5.91 Å². The molecule has 2 atom stereocenters. The number of benzene rings is 1. The first-order valence-electron chi connectivity index (χ1n) is 6.54. The smallest absolute Gasteiger partial charge is 0.314 e. The molecule has 7 heteroatoms. The van der Waals surface area contributed by atoms with Gasteiger partial charge in [0, 0.05) is 11.7 Å². The van der Waals surface area contributed by atoms with Crippen molar-refractivity contribution in [2.75, 3.05) is 5.32 Å². The van der Waals surface area contributed by atoms with Gasteiger partial charge in [0.1, 0.15) is 0 Å². The molecule has 0 aliphatic heterocycles. The monoisotopic (exact) mass is 286 g/mol. The molecular formula is C14H14N4O3. The summed E-state index contributed by atoms with van der Waals surface area (Å²) in [5.41, 5.74) is 5.79. The van der Waals surface area contributed by atoms with Crippen molar-refractivity contribution in [1.29, 1.82) is 0 Å². The Hall–Kier alpha value is -2.67. The highest BCUT2D eigenvalue weighted by molar-refractivity contribution is 5.95. The van der Waals surface area contributed by atoms with Crippen LogP contribution in [0.15, 0.2) is 39.9 Å². The van der Waals surface area contributed by atoms with Gasteiger partial charge in [-0.05, 0) is 24.6 Å². The first kappa shape index (κ1) is 13.3. The molecule has 1 aliphatic rings. The van der Waals surface area contributed by atoms with Crippen molar-refractivity contribution in [2.45, 2.75) is 12.5 Å². The van der Waals surface area contributed by atoms with E-state index in [0.29, 0.717) is 23.1 Å². The third-order valence-electron chi connectivity index (χ3n) is 3.44. The second kappa shape index (κ2) is 5.02. The van der Waals surface area contributed by atoms with Gasteiger partial charge in [-0.25, -0.2) is 0 Å². The Labute approximate surface area is 118 Å². The van der Waals surface area contributed by atoms with Gasteiger partial charge in [0.05, 0.1) is 17.0 Å². The zero-order chi connectivity index (χ0) is 15.0. The van der Waals surface area contributed by atoms with Crippen molar-refractivity contribution in [2.24, 2.45) is 11.7 Å². The van der Waals surface area contributed by atoms with Crippen LogP contribution >= 0.6 is 0 Å². The molecule has 1 aromatic heterocycles. The molecule has 2 unspecified atom stereocenters. The second-order valence-electron chi connectivity index (χ2n) is 5.05. The lowest BCUT2D eigenvalue weighted by Gasteiger charge is -2.11. The average Bonchev–Trinajstić information content (AvgIpc) is 2.87. The number of H-pyrrole nitrogens is 2. The lowest BCUT2D eigenvalue weighted by molar-refractivity contribution is -0.118. The molecule has 1 amide bonds. The highest BCUT2D eigenvalue weighted by Gasteiger charge is 2.22. The number of nitrogens with two attached hydrogens (primary N) is 1. The minimum absolute atomic E-state index is 0.0845. The quantitative estimate of drug-likeness (QED) is 0.460. The van der Waals surface area contributed by atoms with Crippen LogP contribution in [-0.4, -0.2) is 21.9 Å². The third-order valence-corrected chi connectivity index (χ3v) is 3.44. The van der Waals surface area contributed by atoms with E-state index >= 15 is 0 Å². The van der Waals surface area contributed by atoms with Crippen molar-refractivity contribution in [3.63, 3.8) is 0 Å². The summed E-state index contributed by atoms with van der Waals surface area (Å²) in [5.74, 6) is -0.393. The molecule has 0 bridgehead atoms. The third kappa shape index (κ3) is 2.63. The lowest BCUT2D eigenvalue weighted by Crippen LogP contribution is -2.29. The Bertz CT molecular complexity index is 849. The summed E-state index contributed by atoms with van der Waals surface area (Å²) in [6, 6.07) is 4.80. The van der Waals surface area contributed by atoms with Crippen molar-refractivity contribution in [3.05, 3.63) is 51.1 Å². The molecule has 0 radical (unpaired) electrons. The van der Waals surface area contributed by atoms with E-state index in [9.17, 15) is 14.4 Å². The van der Waals surface area contributed by atoms with Crippen LogP contribution in [0.4, 0.5) is 5.69 Å². The largest absolute Gasteiger partial charge is 0.326 e. The van der Waals surface area contributed by atoms with Crippen molar-refractivity contribution >= 4 is 22.6 Å². The van der Waals surface area contributed by atoms with Crippen LogP contribution in [0.25, 0.3) is 11.0 Å². The number of rotatable bonds is 2. The number of hydrogen-bond donors (Lipinski definition) is 4. The minimum Gasteiger partial charge on any atom is -0.326 e. The summed E-state index contributed by atoms with van der Waals surface area (Å²) in [5, 5.41) is 2.77. The fourth-order valence-electron chi connectivity index (χ4n) is 2.35. The number of carbonyl (C=O) groups excluding carboxylic acids is 1. The number of aromatic amines is 2. The molecule has 7 nitrogen and oxygen atoms in total. The van der Waals surface area contributed by atoms with Crippen molar-refractivity contribution in [3.8, 4) is 0 Å². The molecule has 1 aromatic carbocycles. The van der Waals surface area contributed by atoms with Gasteiger partial charge in [-0.3, -0.25) is 14.4 Å². The SMILES string of the molecule is NC1C=CC(C(=O)Nc2ccc3[nH]c(=O)c(=O)[nH]c3c2)C1. The van der Waals surface area contributed by atoms with Gasteiger partial charge in [-0.15, -0.1) is 0 Å². The van der Waals surface area contributed by atoms with Crippen LogP contribution in [0.1, 0.15) is 6.42 Å². The highest BCUT2D eigenvalue weighted by atomic mass is 16.2. The van der Waals surface area contributed by atoms with Crippen molar-refractivity contribution < 1.29 is 4.79 Å². The number of carbonyl (C=O) groups is 1. The van der Waals surface area contributed by atoms with Crippen LogP contribution < -0.4 is 22.2 Å². The summed E-state index contributed by atoms with van der Waals surface area (Å²) in [4.78, 5) is 39.5. The first-order valence-corrected chi connectivity index (χ1v) is 6.54. The van der Waals surface area contributed by atoms with E-state index in [4.69, 9.17) is 5.73 Å². The highest BCUT2D eigenvalue weighted by Crippen LogP contribution is 2.20. The molecule has 3 rings (SSSR count). The lowest BCUT2D eigenvalue weighted by atomic mass is 10.1. The standard InChI is InChI=1S/C14H14N4O3/c15-8-2-1-7(5-8)12(19)16-9-3-4-10-11(6-9)18-14(21)13(20)17-10/h1-4,6-8H,5,15H2,(H,16,19)(H,17,20)(H,18,21). The van der Waals surface area contributed by atoms with E-state index in [0.717, 1.165) is 0 Å². The first-order chi connectivity index (χ1) is 10.0. The molecule has 1 aliphatic carbocycles. The Kier molecular flexibility index (Phi) is 3.19. The number of hydrogen-bond acceptors (Lipinski definition) is 4. The zero-order valence-electron chi connectivity index (χ0n) is 11.1. The number of fused-ring (bicyclic) bond motifs is 1. The molecular weight excluding hydrogens is 272 g/mol. The van der Waals surface area contributed by atoms with E-state index in [1.807, 2.05) is 6.08 Å². The van der Waals surface area contributed by atoms with Crippen LogP contribution in [0.5, 0.6) is 0 Å². The Morgan fingerprint density at radius 3 is 2.52 bits per heavy atom. The molecule has 21 heavy (non-hydrogen) atoms. The molecule has 108 valence electrons. The second-order valence-corrected chi connectivity index (χ2v) is 5.05. The Morgan fingerprint density at radius 1 is 1.14 bits per heavy atom. The molecule has 0 fully saturated rings. The Balaban J connectivity index is 1.86. The zero-order valence-corrected chi connectivity index (χ0v) is 11.1. The fourth-order valence-corrected chi connectivity index (χ4v) is 2.35. The van der Waals surface area contributed by atoms with E-state index in [1.165, 1.54) is 0 Å². The van der Waals surface area contributed by atoms with Gasteiger partial charge < -0.3 is 21.0 Å². The molecule has 5 N–H and O–H groups in total. The summed E-state index contributed by atoms with van der Waals surface area (Å²) in [6.07, 6.45) is 4.19. The predicted molar refractivity (Wildman–Crippen MR) is 79.0 cm³/mol. The van der Waals surface area contributed by atoms with Gasteiger partial charge >= 0.3 is 11.1 Å². The van der Waals surface area contributed by atoms with E-state index < -0.39 is 11.1 Å². The van der Waals surface area contributed by atoms with Crippen LogP contribution in [0, 0.1) is 5.92 Å². The molecule has 1 heterocycles. The number of anilines is 1. The summed E-state index contributed by atoms with van der Waals surface area (Å²) in [6.45, 7) is 0. The summed E-state index contributed by atoms with van der Waals surface area (Å²) >= 11 is 0. The maximum absolute atomic E-state index is 12.1. The van der Waals surface area contributed by atoms with Gasteiger partial charge in [-0.2, -0.15) is 0 Å². The summed E-state index contributed by atoms with van der Waals surface area (Å²) < 4.78 is 0. The summed E-state index contributed by atoms with van der Waals surface area (Å²) in [7, 11) is 0. The maximum Gasteiger partial charge on any atom is 0.314 e. The number of aromatic nitrogens is 2. The molecule has 0 spiro atoms. The fraction of sp³-hybridized carbons (Fsp3) is 0.214. The normalized spacial score (nSPS) is 20.8. The molecule has 2 aromatic rings. The average molecular weight is 286 g/mol. The van der Waals surface area contributed by atoms with E-state index in [-0.39, 0.29) is 17.9 Å². The molecule has 0 saturated heterocycles. The van der Waals surface area contributed by atoms with E-state index in [2.05, 4.69) is 15.3 Å². The predicted octanol–water partition coefficient (Wildman–Crippen LogP) is 0.0583. The topological polar surface area (TPSA) is 121 Å². The minimum atomic E-state index is -0.726. The van der Waals surface area contributed by atoms with Crippen LogP contribution in [-0.2, 0) is 4.79 Å². The maximum atomic E-state index is 12.1. The van der Waals surface area contributed by atoms with Gasteiger partial charge in [0.15, 0.2) is 0 Å². The van der Waals surface area contributed by atoms with Gasteiger partial charge in [-0.1, -0.05) is 12.2 Å². The van der Waals surface area contributed by atoms with Crippen molar-refractivity contribution in [1.82, 2.24) is 9.97 Å². The number of amides is 1. The molecule has 0 saturated carbocycles. The van der Waals surface area contributed by atoms with Gasteiger partial charge in [0.25, 0.3) is 0 Å². The van der Waals surface area contributed by atoms with Crippen LogP contribution in [0.3, 0.4) is 0 Å². The Morgan fingerprint density at radius 2 is 1.86 bits per heavy atom. The van der Waals surface area contributed by atoms with Crippen LogP contribution in [0.2, 0.25) is 0 Å². The van der Waals surface area contributed by atoms with E-state index in [1.54, 1.807) is 24.3 Å².